The molecule has 2 aliphatic heterocycles. The first-order chi connectivity index (χ1) is 21.9. The smallest absolute Gasteiger partial charge is 0.410 e. The van der Waals surface area contributed by atoms with E-state index < -0.39 is 9.67 Å². The maximum Gasteiger partial charge on any atom is 0.410 e. The van der Waals surface area contributed by atoms with Crippen LogP contribution in [-0.4, -0.2) is 64.3 Å². The van der Waals surface area contributed by atoms with Crippen LogP contribution in [0.5, 0.6) is 0 Å². The Morgan fingerprint density at radius 2 is 1.42 bits per heavy atom. The number of hydrogen-bond donors (Lipinski definition) is 1. The molecule has 3 atom stereocenters. The number of amides is 1. The number of hydrogen-bond acceptors (Lipinski definition) is 7. The predicted octanol–water partition coefficient (Wildman–Crippen LogP) is 6.43. The second-order valence-electron chi connectivity index (χ2n) is 11.8. The van der Waals surface area contributed by atoms with Crippen molar-refractivity contribution in [1.29, 1.82) is 0 Å². The monoisotopic (exact) mass is 622 g/mol. The molecule has 45 heavy (non-hydrogen) atoms. The van der Waals surface area contributed by atoms with Gasteiger partial charge < -0.3 is 15.4 Å². The van der Waals surface area contributed by atoms with Crippen LogP contribution in [0.4, 0.5) is 10.5 Å². The van der Waals surface area contributed by atoms with Crippen LogP contribution in [0.3, 0.4) is 0 Å². The maximum atomic E-state index is 13.7. The predicted molar refractivity (Wildman–Crippen MR) is 178 cm³/mol. The molecule has 2 aliphatic rings. The second-order valence-corrected chi connectivity index (χ2v) is 13.4. The number of carbonyl (C=O) groups is 1. The summed E-state index contributed by atoms with van der Waals surface area (Å²) >= 11 is 1.90. The van der Waals surface area contributed by atoms with Gasteiger partial charge in [-0.15, -0.1) is 11.8 Å². The summed E-state index contributed by atoms with van der Waals surface area (Å²) in [6.07, 6.45) is 1.40. The topological polar surface area (TPSA) is 102 Å². The molecule has 0 radical (unpaired) electrons. The lowest BCUT2D eigenvalue weighted by atomic mass is 9.84. The number of nitro benzene ring substituents is 1. The van der Waals surface area contributed by atoms with Crippen LogP contribution in [-0.2, 0) is 16.1 Å². The molecule has 9 heteroatoms. The fourth-order valence-corrected chi connectivity index (χ4v) is 8.47. The molecule has 0 unspecified atom stereocenters. The number of nitrogens with two attached hydrogens (primary N) is 1. The van der Waals surface area contributed by atoms with Gasteiger partial charge in [0.2, 0.25) is 0 Å². The van der Waals surface area contributed by atoms with E-state index in [1.165, 1.54) is 28.8 Å². The van der Waals surface area contributed by atoms with Crippen molar-refractivity contribution in [1.82, 2.24) is 9.80 Å². The van der Waals surface area contributed by atoms with Gasteiger partial charge in [-0.1, -0.05) is 91.0 Å². The molecule has 2 N–H and O–H groups in total. The lowest BCUT2D eigenvalue weighted by molar-refractivity contribution is -0.384. The molecule has 0 saturated carbocycles. The summed E-state index contributed by atoms with van der Waals surface area (Å²) in [5, 5.41) is 11.2. The van der Waals surface area contributed by atoms with E-state index in [2.05, 4.69) is 77.7 Å². The van der Waals surface area contributed by atoms with Gasteiger partial charge in [0.25, 0.3) is 5.69 Å². The van der Waals surface area contributed by atoms with Crippen LogP contribution < -0.4 is 5.73 Å². The van der Waals surface area contributed by atoms with Crippen LogP contribution in [0, 0.1) is 10.1 Å². The summed E-state index contributed by atoms with van der Waals surface area (Å²) in [7, 11) is 0. The Morgan fingerprint density at radius 1 is 0.867 bits per heavy atom. The third-order valence-corrected chi connectivity index (χ3v) is 10.5. The highest BCUT2D eigenvalue weighted by atomic mass is 32.2. The summed E-state index contributed by atoms with van der Waals surface area (Å²) in [5.74, 6) is 0. The molecule has 0 aromatic heterocycles. The number of likely N-dealkylation sites (tertiary alicyclic amines) is 2. The second kappa shape index (κ2) is 13.9. The largest absolute Gasteiger partial charge is 0.445 e. The lowest BCUT2D eigenvalue weighted by Crippen LogP contribution is -2.43. The van der Waals surface area contributed by atoms with E-state index in [0.29, 0.717) is 12.1 Å². The maximum absolute atomic E-state index is 13.7. The van der Waals surface area contributed by atoms with E-state index in [1.807, 2.05) is 34.9 Å². The van der Waals surface area contributed by atoms with Gasteiger partial charge in [0.1, 0.15) is 6.61 Å². The number of rotatable bonds is 10. The summed E-state index contributed by atoms with van der Waals surface area (Å²) in [6.45, 7) is 3.08. The molecular formula is C36H38N4O4S. The number of carbonyl (C=O) groups excluding carboxylic acids is 1. The van der Waals surface area contributed by atoms with Crippen molar-refractivity contribution in [2.45, 2.75) is 41.5 Å². The van der Waals surface area contributed by atoms with Crippen molar-refractivity contribution in [2.75, 3.05) is 26.2 Å². The molecule has 4 aromatic carbocycles. The van der Waals surface area contributed by atoms with Crippen LogP contribution in [0.25, 0.3) is 0 Å². The first-order valence-electron chi connectivity index (χ1n) is 15.4. The van der Waals surface area contributed by atoms with Gasteiger partial charge in [0.05, 0.1) is 9.67 Å². The lowest BCUT2D eigenvalue weighted by Gasteiger charge is -2.37. The number of non-ortho nitro benzene ring substituents is 1. The van der Waals surface area contributed by atoms with Crippen molar-refractivity contribution >= 4 is 23.5 Å². The molecule has 2 fully saturated rings. The summed E-state index contributed by atoms with van der Waals surface area (Å²) in [4.78, 5) is 28.6. The van der Waals surface area contributed by atoms with Gasteiger partial charge in [-0.05, 0) is 53.8 Å². The fraction of sp³-hybridized carbons (Fsp3) is 0.306. The fourth-order valence-electron chi connectivity index (χ4n) is 6.60. The van der Waals surface area contributed by atoms with E-state index in [-0.39, 0.29) is 35.7 Å². The van der Waals surface area contributed by atoms with E-state index in [1.54, 1.807) is 12.1 Å². The van der Waals surface area contributed by atoms with Gasteiger partial charge in [0, 0.05) is 49.1 Å². The molecule has 2 heterocycles. The average Bonchev–Trinajstić information content (AvgIpc) is 3.68. The third-order valence-electron chi connectivity index (χ3n) is 8.78. The summed E-state index contributed by atoms with van der Waals surface area (Å²) < 4.78 is 5.33. The number of nitro groups is 1. The Hall–Kier alpha value is -4.18. The zero-order valence-electron chi connectivity index (χ0n) is 25.1. The highest BCUT2D eigenvalue weighted by molar-refractivity contribution is 8.01. The van der Waals surface area contributed by atoms with E-state index in [0.717, 1.165) is 32.5 Å². The van der Waals surface area contributed by atoms with Crippen LogP contribution in [0.15, 0.2) is 115 Å². The number of nitrogens with zero attached hydrogens (tertiary/aromatic N) is 3. The molecular weight excluding hydrogens is 584 g/mol. The number of benzene rings is 4. The Balaban J connectivity index is 1.29. The van der Waals surface area contributed by atoms with Crippen molar-refractivity contribution in [2.24, 2.45) is 5.73 Å². The quantitative estimate of drug-likeness (QED) is 0.124. The molecule has 2 saturated heterocycles. The highest BCUT2D eigenvalue weighted by Crippen LogP contribution is 2.52. The minimum Gasteiger partial charge on any atom is -0.445 e. The number of ether oxygens (including phenoxy) is 1. The van der Waals surface area contributed by atoms with Crippen LogP contribution >= 0.6 is 11.8 Å². The molecule has 6 rings (SSSR count). The van der Waals surface area contributed by atoms with Crippen LogP contribution in [0.1, 0.15) is 35.1 Å². The zero-order valence-corrected chi connectivity index (χ0v) is 25.9. The Kier molecular flexibility index (Phi) is 9.49. The minimum atomic E-state index is -0.492. The molecule has 232 valence electrons. The Morgan fingerprint density at radius 3 is 1.91 bits per heavy atom. The molecule has 0 bridgehead atoms. The van der Waals surface area contributed by atoms with Gasteiger partial charge in [-0.2, -0.15) is 0 Å². The van der Waals surface area contributed by atoms with Gasteiger partial charge in [-0.25, -0.2) is 4.79 Å². The summed E-state index contributed by atoms with van der Waals surface area (Å²) in [6, 6.07) is 38.1. The SMILES string of the molecule is N[C@H]1CCN(C[C@@H]2C[C@H](SC(c3ccccc3)(c3ccccc3)c3ccccc3)CN2C(=O)OCc2ccc([N+](=O)[O-])cc2)C1. The molecule has 8 nitrogen and oxygen atoms in total. The van der Waals surface area contributed by atoms with Gasteiger partial charge in [0.15, 0.2) is 0 Å². The summed E-state index contributed by atoms with van der Waals surface area (Å²) in [5.41, 5.74) is 10.5. The minimum absolute atomic E-state index is 0.00658. The molecule has 4 aromatic rings. The normalized spacial score (nSPS) is 20.3. The molecule has 1 amide bonds. The van der Waals surface area contributed by atoms with Gasteiger partial charge in [-0.3, -0.25) is 15.0 Å². The Bertz CT molecular complexity index is 1480. The van der Waals surface area contributed by atoms with E-state index in [4.69, 9.17) is 10.5 Å². The van der Waals surface area contributed by atoms with Gasteiger partial charge >= 0.3 is 6.09 Å². The van der Waals surface area contributed by atoms with Crippen molar-refractivity contribution in [3.63, 3.8) is 0 Å². The molecule has 0 spiro atoms. The zero-order chi connectivity index (χ0) is 31.2. The van der Waals surface area contributed by atoms with E-state index >= 15 is 0 Å². The Labute approximate surface area is 268 Å². The number of thioether (sulfide) groups is 1. The standard InChI is InChI=1S/C36H38N4O4S/c37-31-20-21-38(23-31)24-33-22-34(25-39(33)35(41)44-26-27-16-18-32(19-17-27)40(42)43)45-36(28-10-4-1-5-11-28,29-12-6-2-7-13-29)30-14-8-3-9-15-30/h1-19,31,33-34H,20-26,37H2/t31-,33-,34-/m0/s1. The third kappa shape index (κ3) is 6.91. The highest BCUT2D eigenvalue weighted by Gasteiger charge is 2.45. The van der Waals surface area contributed by atoms with Crippen LogP contribution in [0.2, 0.25) is 0 Å². The molecule has 0 aliphatic carbocycles. The van der Waals surface area contributed by atoms with Crippen molar-refractivity contribution in [3.8, 4) is 0 Å². The first-order valence-corrected chi connectivity index (χ1v) is 16.3. The first kappa shape index (κ1) is 30.8. The average molecular weight is 623 g/mol. The van der Waals surface area contributed by atoms with Crippen molar-refractivity contribution in [3.05, 3.63) is 148 Å². The van der Waals surface area contributed by atoms with E-state index in [9.17, 15) is 14.9 Å². The van der Waals surface area contributed by atoms with Crippen molar-refractivity contribution < 1.29 is 14.5 Å².